The number of benzene rings is 2. The molecule has 12 nitrogen and oxygen atoms in total. The van der Waals surface area contributed by atoms with E-state index in [1.165, 1.54) is 5.56 Å². The van der Waals surface area contributed by atoms with Gasteiger partial charge in [-0.15, -0.1) is 0 Å². The van der Waals surface area contributed by atoms with Gasteiger partial charge in [0.25, 0.3) is 5.91 Å². The van der Waals surface area contributed by atoms with E-state index in [-0.39, 0.29) is 46.7 Å². The lowest BCUT2D eigenvalue weighted by atomic mass is 9.99. The smallest absolute Gasteiger partial charge is 0.326 e. The number of nitrogens with zero attached hydrogens (tertiary/aromatic N) is 3. The van der Waals surface area contributed by atoms with Crippen LogP contribution in [0, 0.1) is 5.92 Å². The average Bonchev–Trinajstić information content (AvgIpc) is 2.96. The summed E-state index contributed by atoms with van der Waals surface area (Å²) in [5, 5.41) is 14.1. The Morgan fingerprint density at radius 3 is 2.05 bits per heavy atom. The molecule has 0 radical (unpaired) electrons. The number of guanidine groups is 1. The van der Waals surface area contributed by atoms with Crippen LogP contribution in [0.15, 0.2) is 53.5 Å². The number of hydrogen-bond donors (Lipinski definition) is 6. The molecule has 1 atom stereocenters. The van der Waals surface area contributed by atoms with Gasteiger partial charge in [0.05, 0.1) is 0 Å². The van der Waals surface area contributed by atoms with Crippen LogP contribution >= 0.6 is 11.6 Å². The molecule has 2 amide bonds. The summed E-state index contributed by atoms with van der Waals surface area (Å²) >= 11 is 5.81. The molecule has 0 spiro atoms. The van der Waals surface area contributed by atoms with Crippen LogP contribution in [-0.4, -0.2) is 51.4 Å². The first kappa shape index (κ1) is 32.8. The van der Waals surface area contributed by atoms with Crippen molar-refractivity contribution in [3.8, 4) is 11.1 Å². The van der Waals surface area contributed by atoms with Crippen molar-refractivity contribution in [2.45, 2.75) is 52.0 Å². The molecule has 228 valence electrons. The molecule has 1 heterocycles. The number of unbranched alkanes of at least 4 members (excludes halogenated alkanes) is 1. The highest BCUT2D eigenvalue weighted by molar-refractivity contribution is 6.31. The Kier molecular flexibility index (Phi) is 11.8. The third-order valence-corrected chi connectivity index (χ3v) is 6.93. The van der Waals surface area contributed by atoms with Gasteiger partial charge < -0.3 is 27.6 Å². The summed E-state index contributed by atoms with van der Waals surface area (Å²) in [6.45, 7) is 3.96. The molecule has 0 aliphatic rings. The lowest BCUT2D eigenvalue weighted by molar-refractivity contribution is -0.143. The lowest BCUT2D eigenvalue weighted by Crippen LogP contribution is -2.44. The largest absolute Gasteiger partial charge is 0.480 e. The third-order valence-electron chi connectivity index (χ3n) is 6.65. The van der Waals surface area contributed by atoms with Crippen molar-refractivity contribution in [2.24, 2.45) is 16.6 Å². The zero-order chi connectivity index (χ0) is 31.5. The number of anilines is 2. The zero-order valence-electron chi connectivity index (χ0n) is 24.1. The van der Waals surface area contributed by atoms with Crippen molar-refractivity contribution in [2.75, 3.05) is 18.0 Å². The van der Waals surface area contributed by atoms with Crippen molar-refractivity contribution in [3.63, 3.8) is 0 Å². The van der Waals surface area contributed by atoms with E-state index in [0.717, 1.165) is 36.0 Å². The van der Waals surface area contributed by atoms with E-state index in [1.807, 2.05) is 24.3 Å². The molecular formula is C30H37ClN8O4. The SMILES string of the molecule is CC(C)[C@H](NC(=O)CCc1ccc(-c2ccc(CCCCN=C(N)NC(=O)c3nc(Cl)c(N)nc3N)cc2)cc1)C(=O)O. The van der Waals surface area contributed by atoms with Gasteiger partial charge in [-0.2, -0.15) is 0 Å². The van der Waals surface area contributed by atoms with E-state index in [9.17, 15) is 19.5 Å². The highest BCUT2D eigenvalue weighted by Crippen LogP contribution is 2.22. The van der Waals surface area contributed by atoms with Gasteiger partial charge in [-0.3, -0.25) is 19.9 Å². The second kappa shape index (κ2) is 15.5. The minimum Gasteiger partial charge on any atom is -0.480 e. The van der Waals surface area contributed by atoms with Crippen LogP contribution in [0.25, 0.3) is 11.1 Å². The number of nitrogens with two attached hydrogens (primary N) is 3. The number of rotatable bonds is 13. The third kappa shape index (κ3) is 9.96. The Bertz CT molecular complexity index is 1460. The molecule has 0 bridgehead atoms. The standard InChI is InChI=1S/C30H37ClN8O4/c1-17(2)23(29(42)43)36-22(40)15-10-19-8-13-21(14-9-19)20-11-6-18(7-12-20)5-3-4-16-35-30(34)39-28(41)24-26(32)38-27(33)25(31)37-24/h6-9,11-14,17,23H,3-5,10,15-16H2,1-2H3,(H,36,40)(H,42,43)(H4,32,33,38)(H3,34,35,39,41)/t23-/m0/s1. The first-order chi connectivity index (χ1) is 20.4. The lowest BCUT2D eigenvalue weighted by Gasteiger charge is -2.17. The molecule has 0 unspecified atom stereocenters. The number of aromatic nitrogens is 2. The molecule has 9 N–H and O–H groups in total. The summed E-state index contributed by atoms with van der Waals surface area (Å²) in [7, 11) is 0. The van der Waals surface area contributed by atoms with Gasteiger partial charge in [-0.1, -0.05) is 74.0 Å². The number of carboxylic acid groups (broad SMARTS) is 1. The molecule has 2 aromatic carbocycles. The van der Waals surface area contributed by atoms with Crippen LogP contribution < -0.4 is 27.8 Å². The van der Waals surface area contributed by atoms with Crippen LogP contribution in [0.2, 0.25) is 5.15 Å². The second-order valence-corrected chi connectivity index (χ2v) is 10.7. The molecule has 3 rings (SSSR count). The highest BCUT2D eigenvalue weighted by Gasteiger charge is 2.23. The van der Waals surface area contributed by atoms with Gasteiger partial charge in [-0.25, -0.2) is 14.8 Å². The topological polar surface area (TPSA) is 212 Å². The van der Waals surface area contributed by atoms with Gasteiger partial charge in [0.1, 0.15) is 6.04 Å². The van der Waals surface area contributed by atoms with Crippen LogP contribution in [0.4, 0.5) is 11.6 Å². The summed E-state index contributed by atoms with van der Waals surface area (Å²) in [6, 6.07) is 15.4. The molecular weight excluding hydrogens is 572 g/mol. The van der Waals surface area contributed by atoms with Crippen molar-refractivity contribution in [3.05, 3.63) is 70.5 Å². The van der Waals surface area contributed by atoms with Gasteiger partial charge in [0.2, 0.25) is 5.91 Å². The molecule has 43 heavy (non-hydrogen) atoms. The number of carbonyl (C=O) groups excluding carboxylic acids is 2. The maximum Gasteiger partial charge on any atom is 0.326 e. The number of hydrogen-bond acceptors (Lipinski definition) is 8. The fourth-order valence-electron chi connectivity index (χ4n) is 4.21. The summed E-state index contributed by atoms with van der Waals surface area (Å²) in [4.78, 5) is 47.5. The first-order valence-corrected chi connectivity index (χ1v) is 14.2. The number of carboxylic acids is 1. The summed E-state index contributed by atoms with van der Waals surface area (Å²) in [5.41, 5.74) is 21.1. The van der Waals surface area contributed by atoms with E-state index < -0.39 is 17.9 Å². The van der Waals surface area contributed by atoms with Crippen molar-refractivity contribution in [1.82, 2.24) is 20.6 Å². The average molecular weight is 609 g/mol. The Labute approximate surface area is 255 Å². The molecule has 1 aromatic heterocycles. The number of aryl methyl sites for hydroxylation is 2. The molecule has 13 heteroatoms. The molecule has 0 saturated heterocycles. The molecule has 0 saturated carbocycles. The Morgan fingerprint density at radius 2 is 1.49 bits per heavy atom. The predicted octanol–water partition coefficient (Wildman–Crippen LogP) is 3.19. The van der Waals surface area contributed by atoms with Gasteiger partial charge in [-0.05, 0) is 53.9 Å². The van der Waals surface area contributed by atoms with Crippen LogP contribution in [-0.2, 0) is 22.4 Å². The van der Waals surface area contributed by atoms with E-state index in [2.05, 4.69) is 49.9 Å². The maximum atomic E-state index is 12.3. The van der Waals surface area contributed by atoms with Gasteiger partial charge >= 0.3 is 5.97 Å². The predicted molar refractivity (Wildman–Crippen MR) is 167 cm³/mol. The van der Waals surface area contributed by atoms with E-state index in [0.29, 0.717) is 13.0 Å². The molecule has 0 fully saturated rings. The fraction of sp³-hybridized carbons (Fsp3) is 0.333. The van der Waals surface area contributed by atoms with Crippen LogP contribution in [0.3, 0.4) is 0 Å². The molecule has 3 aromatic rings. The Hall–Kier alpha value is -4.71. The van der Waals surface area contributed by atoms with Gasteiger partial charge in [0, 0.05) is 13.0 Å². The summed E-state index contributed by atoms with van der Waals surface area (Å²) in [6.07, 6.45) is 3.25. The molecule has 0 aliphatic heterocycles. The molecule has 0 aliphatic carbocycles. The number of carbonyl (C=O) groups is 3. The number of amides is 2. The van der Waals surface area contributed by atoms with Crippen molar-refractivity contribution in [1.29, 1.82) is 0 Å². The van der Waals surface area contributed by atoms with E-state index in [4.69, 9.17) is 28.8 Å². The van der Waals surface area contributed by atoms with E-state index in [1.54, 1.807) is 13.8 Å². The first-order valence-electron chi connectivity index (χ1n) is 13.8. The van der Waals surface area contributed by atoms with E-state index >= 15 is 0 Å². The number of nitrogens with one attached hydrogen (secondary N) is 2. The summed E-state index contributed by atoms with van der Waals surface area (Å²) in [5.74, 6) is -2.46. The number of halogens is 1. The Morgan fingerprint density at radius 1 is 0.907 bits per heavy atom. The normalized spacial score (nSPS) is 12.1. The quantitative estimate of drug-likeness (QED) is 0.0953. The minimum absolute atomic E-state index is 0.0595. The minimum atomic E-state index is -1.03. The Balaban J connectivity index is 1.41. The monoisotopic (exact) mass is 608 g/mol. The number of aliphatic imine (C=N–C) groups is 1. The second-order valence-electron chi connectivity index (χ2n) is 10.3. The number of aliphatic carboxylic acids is 1. The highest BCUT2D eigenvalue weighted by atomic mass is 35.5. The summed E-state index contributed by atoms with van der Waals surface area (Å²) < 4.78 is 0. The van der Waals surface area contributed by atoms with Crippen molar-refractivity contribution >= 4 is 47.0 Å². The van der Waals surface area contributed by atoms with Crippen LogP contribution in [0.5, 0.6) is 0 Å². The van der Waals surface area contributed by atoms with Crippen LogP contribution in [0.1, 0.15) is 54.7 Å². The fourth-order valence-corrected chi connectivity index (χ4v) is 4.34. The van der Waals surface area contributed by atoms with Gasteiger partial charge in [0.15, 0.2) is 28.4 Å². The van der Waals surface area contributed by atoms with Crippen molar-refractivity contribution < 1.29 is 19.5 Å². The zero-order valence-corrected chi connectivity index (χ0v) is 24.9. The number of nitrogen functional groups attached to an aromatic ring is 2. The maximum absolute atomic E-state index is 12.3.